The van der Waals surface area contributed by atoms with E-state index in [9.17, 15) is 9.90 Å². The van der Waals surface area contributed by atoms with Gasteiger partial charge in [0.05, 0.1) is 5.92 Å². The van der Waals surface area contributed by atoms with Crippen molar-refractivity contribution < 1.29 is 9.90 Å². The molecule has 1 aliphatic rings. The molecule has 1 aliphatic carbocycles. The van der Waals surface area contributed by atoms with Crippen LogP contribution in [-0.4, -0.2) is 35.1 Å². The monoisotopic (exact) mass is 251 g/mol. The summed E-state index contributed by atoms with van der Waals surface area (Å²) in [6, 6.07) is 0. The second-order valence-corrected chi connectivity index (χ2v) is 4.88. The number of hydrogen-bond acceptors (Lipinski definition) is 3. The molecule has 1 N–H and O–H groups in total. The van der Waals surface area contributed by atoms with Crippen LogP contribution in [0.2, 0.25) is 0 Å². The van der Waals surface area contributed by atoms with Crippen molar-refractivity contribution in [2.75, 3.05) is 13.1 Å². The number of carbonyl (C=O) groups is 1. The van der Waals surface area contributed by atoms with Crippen LogP contribution in [0.25, 0.3) is 0 Å². The highest BCUT2D eigenvalue weighted by atomic mass is 16.3. The Balaban J connectivity index is 2.82. The fourth-order valence-corrected chi connectivity index (χ4v) is 2.26. The van der Waals surface area contributed by atoms with Crippen molar-refractivity contribution in [1.29, 1.82) is 0 Å². The topological polar surface area (TPSA) is 40.5 Å². The maximum Gasteiger partial charge on any atom is 0.150 e. The summed E-state index contributed by atoms with van der Waals surface area (Å²) in [5.41, 5.74) is -1.14. The van der Waals surface area contributed by atoms with Crippen molar-refractivity contribution in [2.24, 2.45) is 5.92 Å². The van der Waals surface area contributed by atoms with Crippen LogP contribution >= 0.6 is 0 Å². The van der Waals surface area contributed by atoms with Gasteiger partial charge in [-0.15, -0.1) is 0 Å². The van der Waals surface area contributed by atoms with Crippen molar-refractivity contribution in [1.82, 2.24) is 4.90 Å². The quantitative estimate of drug-likeness (QED) is 0.532. The van der Waals surface area contributed by atoms with Gasteiger partial charge in [0.1, 0.15) is 6.29 Å². The van der Waals surface area contributed by atoms with Crippen LogP contribution in [0.4, 0.5) is 0 Å². The molecule has 1 rings (SSSR count). The van der Waals surface area contributed by atoms with Gasteiger partial charge in [0.15, 0.2) is 5.72 Å². The molecule has 2 atom stereocenters. The normalized spacial score (nSPS) is 26.8. The zero-order chi connectivity index (χ0) is 13.4. The minimum Gasteiger partial charge on any atom is -0.371 e. The second kappa shape index (κ2) is 7.49. The van der Waals surface area contributed by atoms with Gasteiger partial charge in [-0.25, -0.2) is 0 Å². The summed E-state index contributed by atoms with van der Waals surface area (Å²) in [5.74, 6) is -0.462. The van der Waals surface area contributed by atoms with Crippen molar-refractivity contribution >= 4 is 6.29 Å². The second-order valence-electron chi connectivity index (χ2n) is 4.88. The summed E-state index contributed by atoms with van der Waals surface area (Å²) in [4.78, 5) is 13.2. The number of allylic oxidation sites excluding steroid dienone is 2. The first-order valence-electron chi connectivity index (χ1n) is 6.97. The van der Waals surface area contributed by atoms with Gasteiger partial charge in [0.2, 0.25) is 0 Å². The summed E-state index contributed by atoms with van der Waals surface area (Å²) in [5, 5.41) is 10.8. The molecule has 0 amide bonds. The molecule has 0 aromatic heterocycles. The minimum atomic E-state index is -1.14. The zero-order valence-electron chi connectivity index (χ0n) is 11.5. The highest BCUT2D eigenvalue weighted by Crippen LogP contribution is 2.28. The Morgan fingerprint density at radius 3 is 2.33 bits per heavy atom. The molecular formula is C15H25NO2. The van der Waals surface area contributed by atoms with Crippen molar-refractivity contribution in [3.63, 3.8) is 0 Å². The number of hydrogen-bond donors (Lipinski definition) is 1. The number of carbonyl (C=O) groups excluding carboxylic acids is 1. The molecule has 0 saturated carbocycles. The van der Waals surface area contributed by atoms with Gasteiger partial charge in [0.25, 0.3) is 0 Å². The molecule has 0 radical (unpaired) electrons. The molecule has 0 saturated heterocycles. The maximum atomic E-state index is 11.2. The van der Waals surface area contributed by atoms with Crippen molar-refractivity contribution in [3.05, 3.63) is 24.3 Å². The van der Waals surface area contributed by atoms with Crippen LogP contribution in [-0.2, 0) is 4.79 Å². The average molecular weight is 251 g/mol. The first-order chi connectivity index (χ1) is 8.69. The van der Waals surface area contributed by atoms with Gasteiger partial charge in [-0.3, -0.25) is 4.90 Å². The molecular weight excluding hydrogens is 226 g/mol. The molecule has 0 aliphatic heterocycles. The Morgan fingerprint density at radius 1 is 1.22 bits per heavy atom. The van der Waals surface area contributed by atoms with Crippen molar-refractivity contribution in [3.8, 4) is 0 Å². The smallest absolute Gasteiger partial charge is 0.150 e. The van der Waals surface area contributed by atoms with E-state index in [1.165, 1.54) is 0 Å². The number of rotatable bonds is 8. The molecule has 0 spiro atoms. The number of aliphatic hydroxyl groups is 1. The summed E-state index contributed by atoms with van der Waals surface area (Å²) >= 11 is 0. The van der Waals surface area contributed by atoms with Crippen molar-refractivity contribution in [2.45, 2.75) is 45.3 Å². The van der Waals surface area contributed by atoms with Gasteiger partial charge in [-0.2, -0.15) is 0 Å². The predicted molar refractivity (Wildman–Crippen MR) is 74.2 cm³/mol. The molecule has 0 aromatic carbocycles. The molecule has 0 bridgehead atoms. The van der Waals surface area contributed by atoms with Crippen LogP contribution in [0.1, 0.15) is 39.5 Å². The number of aldehydes is 1. The molecule has 3 heteroatoms. The Labute approximate surface area is 110 Å². The first kappa shape index (κ1) is 15.1. The van der Waals surface area contributed by atoms with Gasteiger partial charge < -0.3 is 9.90 Å². The van der Waals surface area contributed by atoms with E-state index in [0.717, 1.165) is 45.1 Å². The van der Waals surface area contributed by atoms with E-state index >= 15 is 0 Å². The predicted octanol–water partition coefficient (Wildman–Crippen LogP) is 2.52. The molecule has 3 nitrogen and oxygen atoms in total. The Morgan fingerprint density at radius 2 is 1.83 bits per heavy atom. The number of unbranched alkanes of at least 4 members (excludes halogenated alkanes) is 2. The summed E-state index contributed by atoms with van der Waals surface area (Å²) < 4.78 is 0. The molecule has 102 valence electrons. The van der Waals surface area contributed by atoms with Crippen LogP contribution in [0.3, 0.4) is 0 Å². The van der Waals surface area contributed by atoms with E-state index in [0.29, 0.717) is 0 Å². The Kier molecular flexibility index (Phi) is 6.30. The van der Waals surface area contributed by atoms with Crippen LogP contribution < -0.4 is 0 Å². The summed E-state index contributed by atoms with van der Waals surface area (Å²) in [6.45, 7) is 5.93. The highest BCUT2D eigenvalue weighted by Gasteiger charge is 2.39. The largest absolute Gasteiger partial charge is 0.371 e. The van der Waals surface area contributed by atoms with Gasteiger partial charge in [0, 0.05) is 13.1 Å². The van der Waals surface area contributed by atoms with Crippen LogP contribution in [0.15, 0.2) is 24.3 Å². The lowest BCUT2D eigenvalue weighted by molar-refractivity contribution is -0.131. The van der Waals surface area contributed by atoms with Gasteiger partial charge in [-0.1, -0.05) is 44.9 Å². The lowest BCUT2D eigenvalue weighted by Gasteiger charge is -2.41. The number of nitrogens with zero attached hydrogens (tertiary/aromatic N) is 1. The molecule has 0 aromatic rings. The third-order valence-corrected chi connectivity index (χ3v) is 3.48. The highest BCUT2D eigenvalue weighted by molar-refractivity contribution is 5.61. The van der Waals surface area contributed by atoms with Gasteiger partial charge in [-0.05, 0) is 18.9 Å². The molecule has 0 fully saturated rings. The van der Waals surface area contributed by atoms with E-state index in [4.69, 9.17) is 0 Å². The third-order valence-electron chi connectivity index (χ3n) is 3.48. The first-order valence-corrected chi connectivity index (χ1v) is 6.97. The SMILES string of the molecule is CCCCN(CCCC)C1(O)C=CC=CC1C=O. The average Bonchev–Trinajstić information content (AvgIpc) is 2.39. The van der Waals surface area contributed by atoms with E-state index in [1.807, 2.05) is 17.1 Å². The summed E-state index contributed by atoms with van der Waals surface area (Å²) in [6.07, 6.45) is 12.3. The van der Waals surface area contributed by atoms with E-state index < -0.39 is 11.6 Å². The maximum absolute atomic E-state index is 11.2. The zero-order valence-corrected chi connectivity index (χ0v) is 11.5. The van der Waals surface area contributed by atoms with Crippen LogP contribution in [0.5, 0.6) is 0 Å². The fourth-order valence-electron chi connectivity index (χ4n) is 2.26. The molecule has 2 unspecified atom stereocenters. The third kappa shape index (κ3) is 3.53. The summed E-state index contributed by atoms with van der Waals surface area (Å²) in [7, 11) is 0. The van der Waals surface area contributed by atoms with E-state index in [1.54, 1.807) is 12.2 Å². The Bertz CT molecular complexity index is 304. The van der Waals surface area contributed by atoms with Gasteiger partial charge >= 0.3 is 0 Å². The molecule has 18 heavy (non-hydrogen) atoms. The lowest BCUT2D eigenvalue weighted by atomic mass is 9.90. The lowest BCUT2D eigenvalue weighted by Crippen LogP contribution is -2.54. The minimum absolute atomic E-state index is 0.462. The Hall–Kier alpha value is -0.930. The standard InChI is InChI=1S/C15H25NO2/c1-3-5-11-16(12-6-4-2)15(18)10-8-7-9-14(15)13-17/h7-10,13-14,18H,3-6,11-12H2,1-2H3. The van der Waals surface area contributed by atoms with E-state index in [2.05, 4.69) is 13.8 Å². The van der Waals surface area contributed by atoms with Crippen LogP contribution in [0, 0.1) is 5.92 Å². The fraction of sp³-hybridized carbons (Fsp3) is 0.667. The molecule has 0 heterocycles. The van der Waals surface area contributed by atoms with E-state index in [-0.39, 0.29) is 0 Å².